The Bertz CT molecular complexity index is 361. The van der Waals surface area contributed by atoms with Crippen molar-refractivity contribution in [1.82, 2.24) is 5.32 Å². The normalized spacial score (nSPS) is 23.8. The molecule has 0 aromatic heterocycles. The van der Waals surface area contributed by atoms with Crippen molar-refractivity contribution in [1.29, 1.82) is 5.41 Å². The zero-order valence-electron chi connectivity index (χ0n) is 10.6. The first kappa shape index (κ1) is 13.7. The van der Waals surface area contributed by atoms with Gasteiger partial charge in [-0.2, -0.15) is 0 Å². The van der Waals surface area contributed by atoms with Gasteiger partial charge in [0.2, 0.25) is 0 Å². The van der Waals surface area contributed by atoms with Gasteiger partial charge in [-0.05, 0) is 25.5 Å². The molecule has 17 heavy (non-hydrogen) atoms. The molecule has 0 spiro atoms. The first-order valence-corrected chi connectivity index (χ1v) is 6.07. The fourth-order valence-electron chi connectivity index (χ4n) is 2.15. The van der Waals surface area contributed by atoms with E-state index in [1.54, 1.807) is 6.08 Å². The molecular weight excluding hydrogens is 208 g/mol. The van der Waals surface area contributed by atoms with Crippen LogP contribution in [-0.4, -0.2) is 19.3 Å². The Morgan fingerprint density at radius 1 is 1.53 bits per heavy atom. The van der Waals surface area contributed by atoms with Gasteiger partial charge in [0.15, 0.2) is 0 Å². The van der Waals surface area contributed by atoms with E-state index in [4.69, 9.17) is 5.41 Å². The maximum Gasteiger partial charge on any atom is 0.0173 e. The van der Waals surface area contributed by atoms with E-state index >= 15 is 0 Å². The first-order chi connectivity index (χ1) is 8.21. The molecule has 1 atom stereocenters. The summed E-state index contributed by atoms with van der Waals surface area (Å²) in [6, 6.07) is 0. The van der Waals surface area contributed by atoms with Gasteiger partial charge in [0, 0.05) is 24.6 Å². The lowest BCUT2D eigenvalue weighted by molar-refractivity contribution is 0.550. The predicted molar refractivity (Wildman–Crippen MR) is 75.6 cm³/mol. The molecule has 1 unspecified atom stereocenters. The third-order valence-corrected chi connectivity index (χ3v) is 3.09. The Hall–Kier alpha value is -1.41. The molecule has 1 rings (SSSR count). The van der Waals surface area contributed by atoms with Crippen LogP contribution in [0.2, 0.25) is 0 Å². The second kappa shape index (κ2) is 7.02. The Morgan fingerprint density at radius 2 is 2.29 bits per heavy atom. The van der Waals surface area contributed by atoms with Crippen LogP contribution in [0.5, 0.6) is 0 Å². The lowest BCUT2D eigenvalue weighted by atomic mass is 9.83. The van der Waals surface area contributed by atoms with Crippen molar-refractivity contribution < 1.29 is 0 Å². The van der Waals surface area contributed by atoms with Crippen molar-refractivity contribution in [3.63, 3.8) is 0 Å². The molecule has 1 aliphatic rings. The van der Waals surface area contributed by atoms with E-state index in [9.17, 15) is 0 Å². The second-order valence-corrected chi connectivity index (χ2v) is 4.40. The summed E-state index contributed by atoms with van der Waals surface area (Å²) < 4.78 is 0. The van der Waals surface area contributed by atoms with Crippen molar-refractivity contribution in [3.05, 3.63) is 48.6 Å². The number of nitrogens with one attached hydrogen (secondary N) is 2. The SMILES string of the molecule is C=C/C=C(C=C)/C=C1\CCC(CNC)C(=N)C1. The van der Waals surface area contributed by atoms with Crippen LogP contribution in [0.1, 0.15) is 19.3 Å². The zero-order chi connectivity index (χ0) is 12.7. The molecule has 0 aliphatic heterocycles. The van der Waals surface area contributed by atoms with Crippen LogP contribution in [-0.2, 0) is 0 Å². The van der Waals surface area contributed by atoms with Gasteiger partial charge in [0.25, 0.3) is 0 Å². The number of hydrogen-bond acceptors (Lipinski definition) is 2. The molecule has 0 radical (unpaired) electrons. The van der Waals surface area contributed by atoms with Gasteiger partial charge in [-0.1, -0.05) is 43.0 Å². The molecule has 0 bridgehead atoms. The average Bonchev–Trinajstić information content (AvgIpc) is 2.32. The van der Waals surface area contributed by atoms with Gasteiger partial charge in [0.1, 0.15) is 0 Å². The van der Waals surface area contributed by atoms with Crippen LogP contribution < -0.4 is 5.32 Å². The molecule has 0 aromatic rings. The Labute approximate surface area is 104 Å². The topological polar surface area (TPSA) is 35.9 Å². The summed E-state index contributed by atoms with van der Waals surface area (Å²) in [6.45, 7) is 8.39. The summed E-state index contributed by atoms with van der Waals surface area (Å²) in [4.78, 5) is 0. The number of rotatable bonds is 5. The highest BCUT2D eigenvalue weighted by molar-refractivity contribution is 5.87. The molecule has 0 aromatic carbocycles. The van der Waals surface area contributed by atoms with Gasteiger partial charge in [-0.25, -0.2) is 0 Å². The summed E-state index contributed by atoms with van der Waals surface area (Å²) >= 11 is 0. The molecule has 1 saturated carbocycles. The molecule has 1 fully saturated rings. The highest BCUT2D eigenvalue weighted by Crippen LogP contribution is 2.26. The van der Waals surface area contributed by atoms with Crippen molar-refractivity contribution >= 4 is 5.71 Å². The highest BCUT2D eigenvalue weighted by Gasteiger charge is 2.20. The van der Waals surface area contributed by atoms with Crippen molar-refractivity contribution in [3.8, 4) is 0 Å². The summed E-state index contributed by atoms with van der Waals surface area (Å²) in [5.41, 5.74) is 3.25. The molecule has 2 N–H and O–H groups in total. The molecule has 0 heterocycles. The molecule has 92 valence electrons. The maximum atomic E-state index is 8.04. The molecule has 2 nitrogen and oxygen atoms in total. The van der Waals surface area contributed by atoms with Gasteiger partial charge in [-0.3, -0.25) is 0 Å². The minimum Gasteiger partial charge on any atom is -0.319 e. The van der Waals surface area contributed by atoms with E-state index in [1.807, 2.05) is 19.2 Å². The van der Waals surface area contributed by atoms with Gasteiger partial charge < -0.3 is 10.7 Å². The zero-order valence-corrected chi connectivity index (χ0v) is 10.6. The molecule has 2 heteroatoms. The van der Waals surface area contributed by atoms with Crippen molar-refractivity contribution in [2.24, 2.45) is 5.92 Å². The molecular formula is C15H22N2. The second-order valence-electron chi connectivity index (χ2n) is 4.40. The quantitative estimate of drug-likeness (QED) is 0.699. The summed E-state index contributed by atoms with van der Waals surface area (Å²) in [5.74, 6) is 0.410. The predicted octanol–water partition coefficient (Wildman–Crippen LogP) is 3.25. The van der Waals surface area contributed by atoms with Crippen LogP contribution in [0.25, 0.3) is 0 Å². The van der Waals surface area contributed by atoms with Crippen molar-refractivity contribution in [2.45, 2.75) is 19.3 Å². The van der Waals surface area contributed by atoms with E-state index in [0.29, 0.717) is 5.92 Å². The van der Waals surface area contributed by atoms with Crippen LogP contribution in [0, 0.1) is 11.3 Å². The lowest BCUT2D eigenvalue weighted by Crippen LogP contribution is -2.29. The monoisotopic (exact) mass is 230 g/mol. The van der Waals surface area contributed by atoms with Crippen molar-refractivity contribution in [2.75, 3.05) is 13.6 Å². The number of allylic oxidation sites excluding steroid dienone is 6. The third-order valence-electron chi connectivity index (χ3n) is 3.09. The van der Waals surface area contributed by atoms with Crippen LogP contribution >= 0.6 is 0 Å². The minimum atomic E-state index is 0.410. The van der Waals surface area contributed by atoms with E-state index in [2.05, 4.69) is 24.6 Å². The van der Waals surface area contributed by atoms with Gasteiger partial charge in [0.05, 0.1) is 0 Å². The molecule has 0 saturated heterocycles. The maximum absolute atomic E-state index is 8.04. The first-order valence-electron chi connectivity index (χ1n) is 6.07. The molecule has 1 aliphatic carbocycles. The highest BCUT2D eigenvalue weighted by atomic mass is 14.8. The van der Waals surface area contributed by atoms with Crippen LogP contribution in [0.15, 0.2) is 48.6 Å². The van der Waals surface area contributed by atoms with Gasteiger partial charge in [-0.15, -0.1) is 0 Å². The Kier molecular flexibility index (Phi) is 5.64. The minimum absolute atomic E-state index is 0.410. The molecule has 0 amide bonds. The fourth-order valence-corrected chi connectivity index (χ4v) is 2.15. The summed E-state index contributed by atoms with van der Waals surface area (Å²) in [5, 5.41) is 11.2. The lowest BCUT2D eigenvalue weighted by Gasteiger charge is -2.25. The Balaban J connectivity index is 2.68. The van der Waals surface area contributed by atoms with Crippen LogP contribution in [0.3, 0.4) is 0 Å². The standard InChI is InChI=1S/C15H22N2/c1-4-6-12(5-2)9-13-7-8-14(11-17-3)15(16)10-13/h4-6,9,14,16-17H,1-2,7-8,10-11H2,3H3/b12-6+,13-9+,16-15?. The fraction of sp³-hybridized carbons (Fsp3) is 0.400. The van der Waals surface area contributed by atoms with E-state index in [-0.39, 0.29) is 0 Å². The summed E-state index contributed by atoms with van der Waals surface area (Å²) in [7, 11) is 1.95. The van der Waals surface area contributed by atoms with Gasteiger partial charge >= 0.3 is 0 Å². The average molecular weight is 230 g/mol. The number of hydrogen-bond donors (Lipinski definition) is 2. The van der Waals surface area contributed by atoms with E-state index in [0.717, 1.165) is 37.1 Å². The largest absolute Gasteiger partial charge is 0.319 e. The third kappa shape index (κ3) is 4.16. The van der Waals surface area contributed by atoms with Crippen LogP contribution in [0.4, 0.5) is 0 Å². The Morgan fingerprint density at radius 3 is 2.82 bits per heavy atom. The summed E-state index contributed by atoms with van der Waals surface area (Å²) in [6.07, 6.45) is 10.6. The van der Waals surface area contributed by atoms with E-state index < -0.39 is 0 Å². The van der Waals surface area contributed by atoms with E-state index in [1.165, 1.54) is 5.57 Å². The smallest absolute Gasteiger partial charge is 0.0173 e.